The monoisotopic (exact) mass is 846 g/mol. The number of alkyl halides is 1. The minimum absolute atomic E-state index is 0. The van der Waals surface area contributed by atoms with Crippen LogP contribution in [0.15, 0.2) is 109 Å². The zero-order valence-electron chi connectivity index (χ0n) is 30.7. The molecule has 0 amide bonds. The third-order valence-electron chi connectivity index (χ3n) is 10.8. The molecule has 7 rings (SSSR count). The Bertz CT molecular complexity index is 1440. The Morgan fingerprint density at radius 3 is 1.25 bits per heavy atom. The van der Waals surface area contributed by atoms with E-state index in [1.807, 2.05) is 30.3 Å². The van der Waals surface area contributed by atoms with Gasteiger partial charge < -0.3 is 0 Å². The van der Waals surface area contributed by atoms with Gasteiger partial charge in [-0.3, -0.25) is 4.48 Å². The fourth-order valence-corrected chi connectivity index (χ4v) is 23.6. The van der Waals surface area contributed by atoms with Crippen LogP contribution in [0.25, 0.3) is 22.3 Å². The quantitative estimate of drug-likeness (QED) is 0.0413. The third kappa shape index (κ3) is 13.5. The number of nitrogens with zero attached hydrogens (tertiary/aromatic N) is 2. The molecule has 0 N–H and O–H groups in total. The van der Waals surface area contributed by atoms with Gasteiger partial charge in [0, 0.05) is 0 Å². The van der Waals surface area contributed by atoms with Crippen LogP contribution in [0.1, 0.15) is 66.7 Å². The molecule has 280 valence electrons. The summed E-state index contributed by atoms with van der Waals surface area (Å²) in [4.78, 5) is 0. The van der Waals surface area contributed by atoms with E-state index >= 15 is 0 Å². The average molecular weight is 846 g/mol. The van der Waals surface area contributed by atoms with Gasteiger partial charge >= 0.3 is 160 Å². The molecule has 0 atom stereocenters. The predicted octanol–water partition coefficient (Wildman–Crippen LogP) is 12.4. The van der Waals surface area contributed by atoms with Gasteiger partial charge in [-0.25, -0.2) is 4.39 Å². The molecule has 0 aliphatic carbocycles. The van der Waals surface area contributed by atoms with E-state index in [2.05, 4.69) is 75.4 Å². The van der Waals surface area contributed by atoms with Crippen LogP contribution in [-0.2, 0) is 0 Å². The second-order valence-electron chi connectivity index (χ2n) is 14.2. The second-order valence-corrected chi connectivity index (χ2v) is 27.7. The number of unbranched alkanes of at least 4 members (excludes halogenated alkanes) is 3. The van der Waals surface area contributed by atoms with Crippen molar-refractivity contribution < 1.29 is 18.1 Å². The van der Waals surface area contributed by atoms with Gasteiger partial charge in [0.25, 0.3) is 0 Å². The zero-order valence-corrected chi connectivity index (χ0v) is 35.3. The van der Waals surface area contributed by atoms with E-state index in [0.29, 0.717) is 25.6 Å². The molecule has 7 heteroatoms. The molecule has 0 aromatic heterocycles. The predicted molar refractivity (Wildman–Crippen MR) is 227 cm³/mol. The first-order chi connectivity index (χ1) is 23.8. The molecule has 3 aliphatic rings. The molecule has 0 radical (unpaired) electrons. The van der Waals surface area contributed by atoms with E-state index < -0.39 is 18.4 Å². The molecular formula is C44H65ClF2N2SSn+2. The first-order valence-electron chi connectivity index (χ1n) is 18.7. The van der Waals surface area contributed by atoms with Crippen LogP contribution in [-0.4, -0.2) is 72.8 Å². The van der Waals surface area contributed by atoms with Crippen molar-refractivity contribution in [2.45, 2.75) is 80.0 Å². The normalized spacial score (nSPS) is 18.9. The first kappa shape index (κ1) is 45.3. The topological polar surface area (TPSA) is 0 Å². The van der Waals surface area contributed by atoms with Gasteiger partial charge in [-0.2, -0.15) is 13.5 Å². The number of fused-ring (bicyclic) bond motifs is 3. The van der Waals surface area contributed by atoms with Crippen LogP contribution in [0.2, 0.25) is 13.3 Å². The molecule has 3 aliphatic heterocycles. The summed E-state index contributed by atoms with van der Waals surface area (Å²) >= 11 is 3.60. The van der Waals surface area contributed by atoms with E-state index in [4.69, 9.17) is 11.6 Å². The Morgan fingerprint density at radius 1 is 0.549 bits per heavy atom. The summed E-state index contributed by atoms with van der Waals surface area (Å²) in [7, 11) is 0. The summed E-state index contributed by atoms with van der Waals surface area (Å²) in [6, 6.07) is 37.7. The van der Waals surface area contributed by atoms with Gasteiger partial charge in [0.1, 0.15) is 25.5 Å². The van der Waals surface area contributed by atoms with Crippen LogP contribution in [0.5, 0.6) is 0 Å². The van der Waals surface area contributed by atoms with Gasteiger partial charge in [0.15, 0.2) is 25.6 Å². The summed E-state index contributed by atoms with van der Waals surface area (Å²) < 4.78 is 33.3. The van der Waals surface area contributed by atoms with Gasteiger partial charge in [-0.1, -0.05) is 61.5 Å². The number of hydrogen-bond acceptors (Lipinski definition) is 0. The van der Waals surface area contributed by atoms with Crippen molar-refractivity contribution in [1.82, 2.24) is 0 Å². The molecule has 0 spiro atoms. The summed E-state index contributed by atoms with van der Waals surface area (Å²) in [5.74, 6) is -0.195. The Kier molecular flexibility index (Phi) is 20.4. The van der Waals surface area contributed by atoms with Gasteiger partial charge in [0.2, 0.25) is 0 Å². The third-order valence-corrected chi connectivity index (χ3v) is 26.9. The fraction of sp³-hybridized carbons (Fsp3) is 0.455. The molecule has 2 nitrogen and oxygen atoms in total. The summed E-state index contributed by atoms with van der Waals surface area (Å²) in [6.45, 7) is 11.9. The molecule has 0 saturated carbocycles. The van der Waals surface area contributed by atoms with Crippen LogP contribution < -0.4 is 3.58 Å². The largest absolute Gasteiger partial charge is 0.297 e. The standard InChI is InChI=1S/C12H9F.C12H9.C7H14ClFN2.3C4H9.CH4.H2S.Sn/c13-12-8-6-11(7-9-12)10-4-2-1-3-5-10;1-3-7-11(8-4-1)12-9-5-2-6-10-12;8-7-10-1-4-11(9,5-2-10)6-3-10;3*1-3-4-2;;;/h1-9H;1,3-10H;1-7H2;3*1,3-4H2,2H3;1H4;1H2;/q;;+2;;;;;;. The van der Waals surface area contributed by atoms with Crippen molar-refractivity contribution in [3.63, 3.8) is 0 Å². The Hall–Kier alpha value is -1.90. The fourth-order valence-electron chi connectivity index (χ4n) is 7.30. The number of rotatable bonds is 13. The summed E-state index contributed by atoms with van der Waals surface area (Å²) in [6.07, 6.45) is 8.34. The maximum absolute atomic E-state index is 13.5. The number of quaternary nitrogens is 2. The minimum atomic E-state index is -2.25. The molecule has 0 unspecified atom stereocenters. The molecule has 4 aromatic rings. The molecule has 2 bridgehead atoms. The van der Waals surface area contributed by atoms with Crippen molar-refractivity contribution >= 4 is 47.1 Å². The maximum atomic E-state index is 13.5. The number of benzene rings is 4. The van der Waals surface area contributed by atoms with Crippen LogP contribution in [0, 0.1) is 5.82 Å². The minimum Gasteiger partial charge on any atom is -0.297 e. The second kappa shape index (κ2) is 23.0. The number of hydrogen-bond donors (Lipinski definition) is 0. The Labute approximate surface area is 325 Å². The molecule has 4 aromatic carbocycles. The van der Waals surface area contributed by atoms with Crippen LogP contribution in [0.4, 0.5) is 8.87 Å². The van der Waals surface area contributed by atoms with E-state index in [-0.39, 0.29) is 31.4 Å². The Morgan fingerprint density at radius 2 is 0.902 bits per heavy atom. The van der Waals surface area contributed by atoms with Crippen molar-refractivity contribution in [2.24, 2.45) is 0 Å². The average Bonchev–Trinajstić information content (AvgIpc) is 3.17. The number of halogens is 3. The first-order valence-corrected chi connectivity index (χ1v) is 26.8. The van der Waals surface area contributed by atoms with E-state index in [1.54, 1.807) is 29.0 Å². The summed E-state index contributed by atoms with van der Waals surface area (Å²) in [5, 5.41) is 0. The zero-order chi connectivity index (χ0) is 35.0. The van der Waals surface area contributed by atoms with Gasteiger partial charge in [-0.05, 0) is 27.7 Å². The van der Waals surface area contributed by atoms with Crippen LogP contribution in [0.3, 0.4) is 0 Å². The summed E-state index contributed by atoms with van der Waals surface area (Å²) in [5.41, 5.74) is 4.86. The molecule has 51 heavy (non-hydrogen) atoms. The van der Waals surface area contributed by atoms with Crippen molar-refractivity contribution in [3.05, 3.63) is 115 Å². The molecular weight excluding hydrogens is 781 g/mol. The van der Waals surface area contributed by atoms with E-state index in [1.165, 1.54) is 61.8 Å². The number of piperazine rings is 3. The van der Waals surface area contributed by atoms with E-state index in [9.17, 15) is 8.87 Å². The van der Waals surface area contributed by atoms with Crippen LogP contribution >= 0.6 is 25.1 Å². The van der Waals surface area contributed by atoms with Crippen molar-refractivity contribution in [1.29, 1.82) is 0 Å². The molecule has 3 heterocycles. The SMILES string of the molecule is C.CCC[CH2][Sn]([CH2]CCC)([CH2]CCC)[c]1ccc(-c2ccccc2)cc1.F[N+]12CC[N+](CCl)(CC1)CC2.Fc1ccc(-c2ccccc2)cc1.S. The van der Waals surface area contributed by atoms with Gasteiger partial charge in [-0.15, -0.1) is 4.71 Å². The molecule has 3 saturated heterocycles. The molecule has 3 fully saturated rings. The van der Waals surface area contributed by atoms with Crippen molar-refractivity contribution in [3.8, 4) is 22.3 Å². The smallest absolute Gasteiger partial charge is 0.164 e. The Balaban J connectivity index is 0.000000289. The van der Waals surface area contributed by atoms with Crippen molar-refractivity contribution in [2.75, 3.05) is 45.3 Å². The van der Waals surface area contributed by atoms with E-state index in [0.717, 1.165) is 35.2 Å². The maximum Gasteiger partial charge on any atom is 0.164 e. The van der Waals surface area contributed by atoms with Gasteiger partial charge in [0.05, 0.1) is 0 Å².